The number of carbonyl (C=O) groups is 1. The third kappa shape index (κ3) is 7.81. The molecule has 0 amide bonds. The zero-order valence-corrected chi connectivity index (χ0v) is 21.9. The van der Waals surface area contributed by atoms with Crippen LogP contribution in [0.4, 0.5) is 5.69 Å². The highest BCUT2D eigenvalue weighted by atomic mass is 32.1. The van der Waals surface area contributed by atoms with Gasteiger partial charge in [0, 0.05) is 31.7 Å². The Morgan fingerprint density at radius 1 is 0.743 bits per heavy atom. The summed E-state index contributed by atoms with van der Waals surface area (Å²) >= 11 is 3.87. The maximum atomic E-state index is 12.3. The van der Waals surface area contributed by atoms with Gasteiger partial charge >= 0.3 is 5.97 Å². The number of hydrogen-bond acceptors (Lipinski definition) is 5. The Labute approximate surface area is 216 Å². The Morgan fingerprint density at radius 3 is 2.06 bits per heavy atom. The van der Waals surface area contributed by atoms with Crippen LogP contribution in [0, 0.1) is 0 Å². The van der Waals surface area contributed by atoms with Crippen molar-refractivity contribution < 1.29 is 9.53 Å². The highest BCUT2D eigenvalue weighted by molar-refractivity contribution is 7.22. The van der Waals surface area contributed by atoms with E-state index in [1.165, 1.54) is 51.6 Å². The van der Waals surface area contributed by atoms with Crippen LogP contribution in [0.15, 0.2) is 78.9 Å². The minimum Gasteiger partial charge on any atom is -0.423 e. The number of esters is 1. The molecule has 2 aromatic heterocycles. The van der Waals surface area contributed by atoms with Gasteiger partial charge in [0.2, 0.25) is 0 Å². The summed E-state index contributed by atoms with van der Waals surface area (Å²) in [4.78, 5) is 18.0. The second-order valence-corrected chi connectivity index (χ2v) is 11.0. The summed E-state index contributed by atoms with van der Waals surface area (Å²) in [5, 5.41) is 3.46. The SMILES string of the molecule is CCCCCCc1ccc(-c2ccc(CCCNc3ccc(C(=O)Oc4ccccc4)cc3)s2)s1. The van der Waals surface area contributed by atoms with E-state index in [-0.39, 0.29) is 5.97 Å². The van der Waals surface area contributed by atoms with Crippen LogP contribution < -0.4 is 10.1 Å². The molecular formula is C30H33NO2S2. The van der Waals surface area contributed by atoms with Crippen molar-refractivity contribution in [3.63, 3.8) is 0 Å². The van der Waals surface area contributed by atoms with E-state index in [4.69, 9.17) is 4.74 Å². The van der Waals surface area contributed by atoms with Gasteiger partial charge in [0.25, 0.3) is 0 Å². The Balaban J connectivity index is 1.18. The molecule has 0 saturated carbocycles. The summed E-state index contributed by atoms with van der Waals surface area (Å²) in [6, 6.07) is 25.8. The zero-order chi connectivity index (χ0) is 24.3. The van der Waals surface area contributed by atoms with Gasteiger partial charge in [0.15, 0.2) is 0 Å². The second-order valence-electron chi connectivity index (χ2n) is 8.65. The first-order valence-electron chi connectivity index (χ1n) is 12.5. The predicted molar refractivity (Wildman–Crippen MR) is 150 cm³/mol. The van der Waals surface area contributed by atoms with E-state index in [1.54, 1.807) is 24.3 Å². The van der Waals surface area contributed by atoms with Gasteiger partial charge in [-0.05, 0) is 86.3 Å². The molecule has 0 atom stereocenters. The van der Waals surface area contributed by atoms with E-state index in [0.717, 1.165) is 25.1 Å². The average Bonchev–Trinajstić information content (AvgIpc) is 3.55. The number of ether oxygens (including phenoxy) is 1. The average molecular weight is 504 g/mol. The van der Waals surface area contributed by atoms with Crippen molar-refractivity contribution in [1.29, 1.82) is 0 Å². The number of unbranched alkanes of at least 4 members (excludes halogenated alkanes) is 3. The molecule has 0 radical (unpaired) electrons. The molecule has 1 N–H and O–H groups in total. The standard InChI is InChI=1S/C30H33NO2S2/c1-2-3-4-8-12-26-18-20-28(34-26)29-21-19-27(35-29)13-9-22-31-24-16-14-23(15-17-24)30(32)33-25-10-6-5-7-11-25/h5-7,10-11,14-21,31H,2-4,8-9,12-13,22H2,1H3. The van der Waals surface area contributed by atoms with Crippen molar-refractivity contribution in [3.05, 3.63) is 94.2 Å². The van der Waals surface area contributed by atoms with E-state index >= 15 is 0 Å². The number of benzene rings is 2. The van der Waals surface area contributed by atoms with Crippen molar-refractivity contribution >= 4 is 34.3 Å². The lowest BCUT2D eigenvalue weighted by molar-refractivity contribution is 0.0735. The van der Waals surface area contributed by atoms with Gasteiger partial charge < -0.3 is 10.1 Å². The van der Waals surface area contributed by atoms with Gasteiger partial charge in [0.05, 0.1) is 5.56 Å². The second kappa shape index (κ2) is 13.3. The highest BCUT2D eigenvalue weighted by Crippen LogP contribution is 2.34. The van der Waals surface area contributed by atoms with Gasteiger partial charge in [-0.1, -0.05) is 44.4 Å². The van der Waals surface area contributed by atoms with Crippen molar-refractivity contribution in [2.45, 2.75) is 51.9 Å². The van der Waals surface area contributed by atoms with Crippen molar-refractivity contribution in [2.75, 3.05) is 11.9 Å². The summed E-state index contributed by atoms with van der Waals surface area (Å²) < 4.78 is 5.39. The highest BCUT2D eigenvalue weighted by Gasteiger charge is 2.09. The number of para-hydroxylation sites is 1. The predicted octanol–water partition coefficient (Wildman–Crippen LogP) is 8.86. The number of nitrogens with one attached hydrogen (secondary N) is 1. The fourth-order valence-electron chi connectivity index (χ4n) is 3.89. The maximum absolute atomic E-state index is 12.3. The number of carbonyl (C=O) groups excluding carboxylic acids is 1. The van der Waals surface area contributed by atoms with Gasteiger partial charge in [-0.25, -0.2) is 4.79 Å². The number of thiophene rings is 2. The molecule has 2 heterocycles. The molecule has 0 aliphatic heterocycles. The smallest absolute Gasteiger partial charge is 0.343 e. The lowest BCUT2D eigenvalue weighted by Gasteiger charge is -2.07. The summed E-state index contributed by atoms with van der Waals surface area (Å²) in [5.74, 6) is 0.212. The molecule has 35 heavy (non-hydrogen) atoms. The summed E-state index contributed by atoms with van der Waals surface area (Å²) in [5.41, 5.74) is 1.56. The van der Waals surface area contributed by atoms with Crippen LogP contribution in [0.1, 0.15) is 59.1 Å². The molecule has 4 rings (SSSR count). The first-order chi connectivity index (χ1) is 17.2. The molecule has 3 nitrogen and oxygen atoms in total. The fraction of sp³-hybridized carbons (Fsp3) is 0.300. The van der Waals surface area contributed by atoms with Crippen molar-refractivity contribution in [1.82, 2.24) is 0 Å². The Kier molecular flexibility index (Phi) is 9.56. The molecule has 182 valence electrons. The summed E-state index contributed by atoms with van der Waals surface area (Å²) in [6.07, 6.45) is 8.61. The summed E-state index contributed by atoms with van der Waals surface area (Å²) in [6.45, 7) is 3.15. The van der Waals surface area contributed by atoms with Crippen LogP contribution in [0.2, 0.25) is 0 Å². The minimum absolute atomic E-state index is 0.342. The maximum Gasteiger partial charge on any atom is 0.343 e. The number of aryl methyl sites for hydroxylation is 2. The Bertz CT molecular complexity index is 1180. The molecular weight excluding hydrogens is 470 g/mol. The molecule has 0 unspecified atom stereocenters. The molecule has 0 aliphatic carbocycles. The van der Waals surface area contributed by atoms with E-state index in [2.05, 4.69) is 36.5 Å². The monoisotopic (exact) mass is 503 g/mol. The van der Waals surface area contributed by atoms with Gasteiger partial charge in [-0.3, -0.25) is 0 Å². The van der Waals surface area contributed by atoms with E-state index in [0.29, 0.717) is 11.3 Å². The normalized spacial score (nSPS) is 10.9. The topological polar surface area (TPSA) is 38.3 Å². The van der Waals surface area contributed by atoms with Crippen molar-refractivity contribution in [3.8, 4) is 15.5 Å². The first kappa shape index (κ1) is 25.2. The van der Waals surface area contributed by atoms with Crippen LogP contribution in [-0.4, -0.2) is 12.5 Å². The van der Waals surface area contributed by atoms with E-state index < -0.39 is 0 Å². The Morgan fingerprint density at radius 2 is 1.40 bits per heavy atom. The van der Waals surface area contributed by atoms with Gasteiger partial charge in [-0.2, -0.15) is 0 Å². The van der Waals surface area contributed by atoms with Crippen molar-refractivity contribution in [2.24, 2.45) is 0 Å². The van der Waals surface area contributed by atoms with Crippen LogP contribution >= 0.6 is 22.7 Å². The quantitative estimate of drug-likeness (QED) is 0.112. The first-order valence-corrected chi connectivity index (χ1v) is 14.1. The molecule has 0 fully saturated rings. The lowest BCUT2D eigenvalue weighted by Crippen LogP contribution is -2.08. The minimum atomic E-state index is -0.342. The van der Waals surface area contributed by atoms with Gasteiger partial charge in [-0.15, -0.1) is 22.7 Å². The van der Waals surface area contributed by atoms with Crippen LogP contribution in [0.25, 0.3) is 9.75 Å². The van der Waals surface area contributed by atoms with Crippen LogP contribution in [0.3, 0.4) is 0 Å². The third-order valence-electron chi connectivity index (χ3n) is 5.85. The molecule has 0 spiro atoms. The van der Waals surface area contributed by atoms with Crippen LogP contribution in [-0.2, 0) is 12.8 Å². The molecule has 2 aromatic carbocycles. The van der Waals surface area contributed by atoms with E-state index in [1.807, 2.05) is 53.0 Å². The fourth-order valence-corrected chi connectivity index (χ4v) is 6.08. The lowest BCUT2D eigenvalue weighted by atomic mass is 10.1. The number of anilines is 1. The zero-order valence-electron chi connectivity index (χ0n) is 20.3. The Hall–Kier alpha value is -2.89. The van der Waals surface area contributed by atoms with E-state index in [9.17, 15) is 4.79 Å². The molecule has 0 bridgehead atoms. The van der Waals surface area contributed by atoms with Gasteiger partial charge in [0.1, 0.15) is 5.75 Å². The number of hydrogen-bond donors (Lipinski definition) is 1. The molecule has 5 heteroatoms. The third-order valence-corrected chi connectivity index (χ3v) is 8.33. The largest absolute Gasteiger partial charge is 0.423 e. The molecule has 0 saturated heterocycles. The molecule has 4 aromatic rings. The number of rotatable bonds is 13. The van der Waals surface area contributed by atoms with Crippen LogP contribution in [0.5, 0.6) is 5.75 Å². The molecule has 0 aliphatic rings. The summed E-state index contributed by atoms with van der Waals surface area (Å²) in [7, 11) is 0.